The number of nitrogens with two attached hydrogens (primary N) is 1. The van der Waals surface area contributed by atoms with E-state index in [4.69, 9.17) is 26.6 Å². The van der Waals surface area contributed by atoms with Crippen molar-refractivity contribution in [2.75, 3.05) is 13.2 Å². The van der Waals surface area contributed by atoms with Crippen LogP contribution in [0.4, 0.5) is 0 Å². The van der Waals surface area contributed by atoms with Gasteiger partial charge in [0.15, 0.2) is 5.58 Å². The van der Waals surface area contributed by atoms with E-state index in [-0.39, 0.29) is 0 Å². The fourth-order valence-corrected chi connectivity index (χ4v) is 2.29. The Balaban J connectivity index is 2.08. The van der Waals surface area contributed by atoms with Crippen molar-refractivity contribution in [3.05, 3.63) is 47.5 Å². The highest BCUT2D eigenvalue weighted by Crippen LogP contribution is 2.37. The van der Waals surface area contributed by atoms with Crippen molar-refractivity contribution in [2.24, 2.45) is 5.73 Å². The van der Waals surface area contributed by atoms with Gasteiger partial charge in [0.2, 0.25) is 0 Å². The maximum absolute atomic E-state index is 6.28. The van der Waals surface area contributed by atoms with Gasteiger partial charge in [0.25, 0.3) is 0 Å². The van der Waals surface area contributed by atoms with Crippen molar-refractivity contribution in [1.29, 1.82) is 0 Å². The number of rotatable bonds is 4. The molecule has 0 atom stereocenters. The molecule has 0 aliphatic heterocycles. The molecule has 0 saturated carbocycles. The molecule has 0 aliphatic carbocycles. The maximum Gasteiger partial charge on any atom is 0.189 e. The van der Waals surface area contributed by atoms with E-state index in [0.29, 0.717) is 29.5 Å². The minimum absolute atomic E-state index is 0.408. The smallest absolute Gasteiger partial charge is 0.189 e. The van der Waals surface area contributed by atoms with Crippen molar-refractivity contribution < 1.29 is 9.26 Å². The highest BCUT2D eigenvalue weighted by Gasteiger charge is 2.16. The first kappa shape index (κ1) is 13.0. The zero-order valence-corrected chi connectivity index (χ0v) is 11.4. The lowest BCUT2D eigenvalue weighted by Crippen LogP contribution is -2.10. The largest absolute Gasteiger partial charge is 0.491 e. The summed E-state index contributed by atoms with van der Waals surface area (Å²) in [5, 5.41) is 5.39. The molecule has 0 unspecified atom stereocenters. The fourth-order valence-electron chi connectivity index (χ4n) is 2.04. The summed E-state index contributed by atoms with van der Waals surface area (Å²) in [7, 11) is 0. The minimum atomic E-state index is 0.408. The predicted molar refractivity (Wildman–Crippen MR) is 79.0 cm³/mol. The normalized spacial score (nSPS) is 10.9. The molecule has 3 aromatic rings. The van der Waals surface area contributed by atoms with Gasteiger partial charge in [0, 0.05) is 12.1 Å². The van der Waals surface area contributed by atoms with E-state index in [2.05, 4.69) is 5.16 Å². The summed E-state index contributed by atoms with van der Waals surface area (Å²) >= 11 is 6.28. The summed E-state index contributed by atoms with van der Waals surface area (Å²) in [4.78, 5) is 0. The Labute approximate surface area is 121 Å². The Morgan fingerprint density at radius 1 is 1.15 bits per heavy atom. The number of nitrogens with zero attached hydrogens (tertiary/aromatic N) is 1. The molecule has 0 spiro atoms. The average Bonchev–Trinajstić information content (AvgIpc) is 2.92. The molecule has 0 radical (unpaired) electrons. The number of hydrogen-bond acceptors (Lipinski definition) is 4. The molecule has 102 valence electrons. The number of fused-ring (bicyclic) bond motifs is 1. The molecule has 0 amide bonds. The van der Waals surface area contributed by atoms with Crippen molar-refractivity contribution in [3.8, 4) is 17.0 Å². The van der Waals surface area contributed by atoms with Crippen LogP contribution in [0.5, 0.6) is 5.75 Å². The van der Waals surface area contributed by atoms with E-state index in [0.717, 1.165) is 16.6 Å². The van der Waals surface area contributed by atoms with Crippen molar-refractivity contribution in [3.63, 3.8) is 0 Å². The Hall–Kier alpha value is -2.04. The van der Waals surface area contributed by atoms with Crippen LogP contribution >= 0.6 is 11.6 Å². The Morgan fingerprint density at radius 3 is 2.70 bits per heavy atom. The van der Waals surface area contributed by atoms with Crippen molar-refractivity contribution in [2.45, 2.75) is 0 Å². The molecule has 5 heteroatoms. The van der Waals surface area contributed by atoms with Crippen LogP contribution in [0, 0.1) is 0 Å². The monoisotopic (exact) mass is 288 g/mol. The van der Waals surface area contributed by atoms with E-state index >= 15 is 0 Å². The SMILES string of the molecule is NCCOc1ccc2c(-c3ccccc3)noc2c1Cl. The molecule has 3 rings (SSSR count). The average molecular weight is 289 g/mol. The third-order valence-corrected chi connectivity index (χ3v) is 3.33. The number of benzene rings is 2. The fraction of sp³-hybridized carbons (Fsp3) is 0.133. The number of aromatic nitrogens is 1. The van der Waals surface area contributed by atoms with Gasteiger partial charge in [-0.2, -0.15) is 0 Å². The highest BCUT2D eigenvalue weighted by molar-refractivity contribution is 6.36. The van der Waals surface area contributed by atoms with Gasteiger partial charge >= 0.3 is 0 Å². The van der Waals surface area contributed by atoms with E-state index in [1.165, 1.54) is 0 Å². The third-order valence-electron chi connectivity index (χ3n) is 2.97. The zero-order valence-electron chi connectivity index (χ0n) is 10.7. The van der Waals surface area contributed by atoms with Crippen LogP contribution in [0.25, 0.3) is 22.2 Å². The van der Waals surface area contributed by atoms with Crippen LogP contribution in [0.1, 0.15) is 0 Å². The summed E-state index contributed by atoms with van der Waals surface area (Å²) in [6, 6.07) is 13.5. The Bertz CT molecular complexity index is 725. The second kappa shape index (κ2) is 5.53. The quantitative estimate of drug-likeness (QED) is 0.798. The van der Waals surface area contributed by atoms with Gasteiger partial charge in [-0.25, -0.2) is 0 Å². The van der Waals surface area contributed by atoms with Gasteiger partial charge in [-0.3, -0.25) is 0 Å². The lowest BCUT2D eigenvalue weighted by molar-refractivity contribution is 0.328. The number of halogens is 1. The lowest BCUT2D eigenvalue weighted by Gasteiger charge is -2.06. The number of ether oxygens (including phenoxy) is 1. The molecular weight excluding hydrogens is 276 g/mol. The molecule has 0 bridgehead atoms. The number of hydrogen-bond donors (Lipinski definition) is 1. The second-order valence-corrected chi connectivity index (χ2v) is 4.67. The van der Waals surface area contributed by atoms with E-state index < -0.39 is 0 Å². The summed E-state index contributed by atoms with van der Waals surface area (Å²) in [6.45, 7) is 0.838. The Morgan fingerprint density at radius 2 is 1.95 bits per heavy atom. The molecule has 1 aromatic heterocycles. The first-order valence-corrected chi connectivity index (χ1v) is 6.65. The standard InChI is InChI=1S/C15H13ClN2O2/c16-13-12(19-9-8-17)7-6-11-14(18-20-15(11)13)10-4-2-1-3-5-10/h1-7H,8-9,17H2. The first-order valence-electron chi connectivity index (χ1n) is 6.27. The van der Waals surface area contributed by atoms with Crippen LogP contribution in [-0.2, 0) is 0 Å². The van der Waals surface area contributed by atoms with Gasteiger partial charge < -0.3 is 15.0 Å². The highest BCUT2D eigenvalue weighted by atomic mass is 35.5. The molecule has 4 nitrogen and oxygen atoms in total. The van der Waals surface area contributed by atoms with Crippen molar-refractivity contribution in [1.82, 2.24) is 5.16 Å². The van der Waals surface area contributed by atoms with Crippen LogP contribution in [0.2, 0.25) is 5.02 Å². The zero-order chi connectivity index (χ0) is 13.9. The van der Waals surface area contributed by atoms with Crippen molar-refractivity contribution >= 4 is 22.6 Å². The van der Waals surface area contributed by atoms with Gasteiger partial charge in [-0.05, 0) is 12.1 Å². The van der Waals surface area contributed by atoms with Gasteiger partial charge in [0.1, 0.15) is 23.1 Å². The van der Waals surface area contributed by atoms with E-state index in [9.17, 15) is 0 Å². The maximum atomic E-state index is 6.28. The van der Waals surface area contributed by atoms with E-state index in [1.807, 2.05) is 42.5 Å². The molecular formula is C15H13ClN2O2. The first-order chi connectivity index (χ1) is 9.81. The molecule has 2 N–H and O–H groups in total. The van der Waals surface area contributed by atoms with Gasteiger partial charge in [-0.1, -0.05) is 47.1 Å². The topological polar surface area (TPSA) is 61.3 Å². The van der Waals surface area contributed by atoms with Crippen LogP contribution in [-0.4, -0.2) is 18.3 Å². The molecule has 0 fully saturated rings. The molecule has 20 heavy (non-hydrogen) atoms. The van der Waals surface area contributed by atoms with Gasteiger partial charge in [0.05, 0.1) is 5.39 Å². The predicted octanol–water partition coefficient (Wildman–Crippen LogP) is 3.49. The van der Waals surface area contributed by atoms with E-state index in [1.54, 1.807) is 0 Å². The lowest BCUT2D eigenvalue weighted by atomic mass is 10.1. The molecule has 0 saturated heterocycles. The summed E-state index contributed by atoms with van der Waals surface area (Å²) < 4.78 is 10.8. The molecule has 0 aliphatic rings. The van der Waals surface area contributed by atoms with Crippen LogP contribution in [0.15, 0.2) is 47.0 Å². The minimum Gasteiger partial charge on any atom is -0.491 e. The molecule has 1 heterocycles. The summed E-state index contributed by atoms with van der Waals surface area (Å²) in [5.74, 6) is 0.556. The third kappa shape index (κ3) is 2.24. The van der Waals surface area contributed by atoms with Gasteiger partial charge in [-0.15, -0.1) is 0 Å². The van der Waals surface area contributed by atoms with Crippen LogP contribution < -0.4 is 10.5 Å². The molecule has 2 aromatic carbocycles. The summed E-state index contributed by atoms with van der Waals surface area (Å²) in [5.41, 5.74) is 7.70. The van der Waals surface area contributed by atoms with Crippen LogP contribution in [0.3, 0.4) is 0 Å². The Kier molecular flexibility index (Phi) is 3.58. The summed E-state index contributed by atoms with van der Waals surface area (Å²) in [6.07, 6.45) is 0. The second-order valence-electron chi connectivity index (χ2n) is 4.29.